The second-order valence-corrected chi connectivity index (χ2v) is 10.2. The lowest BCUT2D eigenvalue weighted by Gasteiger charge is -2.25. The lowest BCUT2D eigenvalue weighted by atomic mass is 9.87. The fraction of sp³-hybridized carbons (Fsp3) is 0.344. The lowest BCUT2D eigenvalue weighted by Crippen LogP contribution is -2.24. The van der Waals surface area contributed by atoms with Gasteiger partial charge in [-0.15, -0.1) is 0 Å². The number of nitrogens with zero attached hydrogens (tertiary/aromatic N) is 1. The van der Waals surface area contributed by atoms with E-state index in [0.29, 0.717) is 12.2 Å². The van der Waals surface area contributed by atoms with Crippen LogP contribution in [-0.2, 0) is 12.0 Å². The first-order valence-corrected chi connectivity index (χ1v) is 12.7. The van der Waals surface area contributed by atoms with Crippen molar-refractivity contribution in [2.45, 2.75) is 65.3 Å². The number of benzene rings is 3. The molecule has 0 heterocycles. The Hall–Kier alpha value is -3.58. The number of carbonyl (C=O) groups is 1. The Morgan fingerprint density at radius 3 is 2.06 bits per heavy atom. The zero-order valence-corrected chi connectivity index (χ0v) is 21.8. The van der Waals surface area contributed by atoms with E-state index in [2.05, 4.69) is 68.7 Å². The van der Waals surface area contributed by atoms with Crippen molar-refractivity contribution in [3.63, 3.8) is 0 Å². The molecule has 36 heavy (non-hydrogen) atoms. The highest BCUT2D eigenvalue weighted by atomic mass is 19.1. The van der Waals surface area contributed by atoms with E-state index in [-0.39, 0.29) is 11.0 Å². The molecule has 0 unspecified atom stereocenters. The zero-order valence-electron chi connectivity index (χ0n) is 21.8. The molecule has 3 aromatic carbocycles. The first kappa shape index (κ1) is 27.0. The third-order valence-corrected chi connectivity index (χ3v) is 6.26. The summed E-state index contributed by atoms with van der Waals surface area (Å²) >= 11 is 0. The van der Waals surface area contributed by atoms with E-state index in [4.69, 9.17) is 0 Å². The van der Waals surface area contributed by atoms with Crippen LogP contribution in [-0.4, -0.2) is 17.6 Å². The second-order valence-electron chi connectivity index (χ2n) is 10.2. The summed E-state index contributed by atoms with van der Waals surface area (Å²) in [6, 6.07) is 20.8. The van der Waals surface area contributed by atoms with Crippen molar-refractivity contribution in [2.24, 2.45) is 0 Å². The van der Waals surface area contributed by atoms with E-state index in [0.717, 1.165) is 48.9 Å². The minimum Gasteiger partial charge on any atom is -0.478 e. The van der Waals surface area contributed by atoms with E-state index in [1.54, 1.807) is 6.07 Å². The number of carboxylic acid groups (broad SMARTS) is 1. The van der Waals surface area contributed by atoms with Crippen LogP contribution in [0.1, 0.15) is 86.0 Å². The van der Waals surface area contributed by atoms with Gasteiger partial charge in [0.15, 0.2) is 0 Å². The summed E-state index contributed by atoms with van der Waals surface area (Å²) in [6.07, 6.45) is 4.39. The minimum atomic E-state index is -1.25. The van der Waals surface area contributed by atoms with Gasteiger partial charge >= 0.3 is 5.97 Å². The molecule has 188 valence electrons. The Morgan fingerprint density at radius 1 is 0.889 bits per heavy atom. The van der Waals surface area contributed by atoms with Gasteiger partial charge in [-0.2, -0.15) is 0 Å². The second kappa shape index (κ2) is 12.4. The van der Waals surface area contributed by atoms with E-state index >= 15 is 0 Å². The van der Waals surface area contributed by atoms with Crippen LogP contribution in [0.15, 0.2) is 66.7 Å². The van der Waals surface area contributed by atoms with Crippen LogP contribution in [0.5, 0.6) is 0 Å². The fourth-order valence-corrected chi connectivity index (χ4v) is 4.01. The van der Waals surface area contributed by atoms with Crippen LogP contribution in [0, 0.1) is 17.7 Å². The molecule has 3 rings (SSSR count). The van der Waals surface area contributed by atoms with Gasteiger partial charge in [0.25, 0.3) is 0 Å². The third kappa shape index (κ3) is 7.71. The number of unbranched alkanes of at least 4 members (excludes halogenated alkanes) is 3. The Labute approximate surface area is 215 Å². The Bertz CT molecular complexity index is 1210. The topological polar surface area (TPSA) is 40.5 Å². The normalized spacial score (nSPS) is 11.0. The number of halogens is 1. The number of anilines is 1. The molecule has 3 aromatic rings. The SMILES string of the molecule is CCCCCCN(Cc1ccc(C#Cc2ccc(C(C)(C)C)cc2)cc1)c1ccc(F)c(C(=O)O)c1. The quantitative estimate of drug-likeness (QED) is 0.248. The molecular formula is C32H36FNO2. The van der Waals surface area contributed by atoms with Gasteiger partial charge in [-0.25, -0.2) is 9.18 Å². The van der Waals surface area contributed by atoms with E-state index in [1.165, 1.54) is 17.7 Å². The monoisotopic (exact) mass is 485 g/mol. The maximum absolute atomic E-state index is 14.0. The summed E-state index contributed by atoms with van der Waals surface area (Å²) in [5, 5.41) is 9.35. The van der Waals surface area contributed by atoms with Crippen LogP contribution in [0.4, 0.5) is 10.1 Å². The summed E-state index contributed by atoms with van der Waals surface area (Å²) in [5.41, 5.74) is 4.83. The molecule has 0 radical (unpaired) electrons. The molecule has 0 aliphatic carbocycles. The molecule has 0 spiro atoms. The van der Waals surface area contributed by atoms with Crippen LogP contribution < -0.4 is 4.90 Å². The van der Waals surface area contributed by atoms with Crippen LogP contribution in [0.2, 0.25) is 0 Å². The highest BCUT2D eigenvalue weighted by molar-refractivity contribution is 5.89. The molecule has 0 amide bonds. The van der Waals surface area contributed by atoms with Crippen LogP contribution in [0.3, 0.4) is 0 Å². The summed E-state index contributed by atoms with van der Waals surface area (Å²) in [4.78, 5) is 13.6. The van der Waals surface area contributed by atoms with Gasteiger partial charge in [-0.3, -0.25) is 0 Å². The number of hydrogen-bond acceptors (Lipinski definition) is 2. The number of carboxylic acids is 1. The molecule has 0 aromatic heterocycles. The molecule has 0 fully saturated rings. The largest absolute Gasteiger partial charge is 0.478 e. The molecule has 3 nitrogen and oxygen atoms in total. The predicted molar refractivity (Wildman–Crippen MR) is 146 cm³/mol. The summed E-state index contributed by atoms with van der Waals surface area (Å²) in [7, 11) is 0. The smallest absolute Gasteiger partial charge is 0.338 e. The molecule has 0 bridgehead atoms. The van der Waals surface area contributed by atoms with Gasteiger partial charge in [0.1, 0.15) is 5.82 Å². The molecule has 4 heteroatoms. The molecular weight excluding hydrogens is 449 g/mol. The third-order valence-electron chi connectivity index (χ3n) is 6.26. The predicted octanol–water partition coefficient (Wildman–Crippen LogP) is 7.81. The first-order valence-electron chi connectivity index (χ1n) is 12.7. The zero-order chi connectivity index (χ0) is 26.1. The summed E-state index contributed by atoms with van der Waals surface area (Å²) in [6.45, 7) is 10.1. The Morgan fingerprint density at radius 2 is 1.50 bits per heavy atom. The van der Waals surface area contributed by atoms with Gasteiger partial charge in [-0.1, -0.05) is 83.1 Å². The average molecular weight is 486 g/mol. The Balaban J connectivity index is 1.74. The van der Waals surface area contributed by atoms with Crippen molar-refractivity contribution in [2.75, 3.05) is 11.4 Å². The molecule has 0 atom stereocenters. The number of aromatic carboxylic acids is 1. The summed E-state index contributed by atoms with van der Waals surface area (Å²) < 4.78 is 14.0. The molecule has 0 aliphatic rings. The molecule has 0 aliphatic heterocycles. The summed E-state index contributed by atoms with van der Waals surface area (Å²) in [5.74, 6) is 4.50. The van der Waals surface area contributed by atoms with Gasteiger partial charge in [0.2, 0.25) is 0 Å². The maximum Gasteiger partial charge on any atom is 0.338 e. The number of rotatable bonds is 9. The van der Waals surface area contributed by atoms with Crippen molar-refractivity contribution in [1.29, 1.82) is 0 Å². The van der Waals surface area contributed by atoms with Gasteiger partial charge in [0, 0.05) is 29.9 Å². The van der Waals surface area contributed by atoms with Crippen molar-refractivity contribution in [1.82, 2.24) is 0 Å². The van der Waals surface area contributed by atoms with Crippen LogP contribution in [0.25, 0.3) is 0 Å². The fourth-order valence-electron chi connectivity index (χ4n) is 4.01. The van der Waals surface area contributed by atoms with E-state index < -0.39 is 11.8 Å². The standard InChI is InChI=1S/C32H36FNO2/c1-5-6-7-8-21-34(28-19-20-30(33)29(22-28)31(35)36)23-26-13-11-24(12-14-26)9-10-25-15-17-27(18-16-25)32(2,3)4/h11-20,22H,5-8,21,23H2,1-4H3,(H,35,36). The van der Waals surface area contributed by atoms with Gasteiger partial charge in [0.05, 0.1) is 5.56 Å². The molecule has 1 N–H and O–H groups in total. The lowest BCUT2D eigenvalue weighted by molar-refractivity contribution is 0.0692. The highest BCUT2D eigenvalue weighted by Crippen LogP contribution is 2.23. The molecule has 0 saturated heterocycles. The van der Waals surface area contributed by atoms with E-state index in [1.807, 2.05) is 24.3 Å². The average Bonchev–Trinajstić information content (AvgIpc) is 2.85. The van der Waals surface area contributed by atoms with Crippen molar-refractivity contribution >= 4 is 11.7 Å². The van der Waals surface area contributed by atoms with Gasteiger partial charge < -0.3 is 10.0 Å². The molecule has 0 saturated carbocycles. The number of hydrogen-bond donors (Lipinski definition) is 1. The minimum absolute atomic E-state index is 0.120. The maximum atomic E-state index is 14.0. The first-order chi connectivity index (χ1) is 17.2. The van der Waals surface area contributed by atoms with E-state index in [9.17, 15) is 14.3 Å². The van der Waals surface area contributed by atoms with Crippen molar-refractivity contribution in [3.05, 3.63) is 100 Å². The van der Waals surface area contributed by atoms with Crippen molar-refractivity contribution in [3.8, 4) is 11.8 Å². The van der Waals surface area contributed by atoms with Crippen LogP contribution >= 0.6 is 0 Å². The highest BCUT2D eigenvalue weighted by Gasteiger charge is 2.15. The van der Waals surface area contributed by atoms with Crippen molar-refractivity contribution < 1.29 is 14.3 Å². The Kier molecular flexibility index (Phi) is 9.31. The van der Waals surface area contributed by atoms with Gasteiger partial charge in [-0.05, 0) is 65.4 Å².